The third kappa shape index (κ3) is 2.84. The molecule has 108 valence electrons. The Morgan fingerprint density at radius 3 is 2.70 bits per heavy atom. The summed E-state index contributed by atoms with van der Waals surface area (Å²) in [4.78, 5) is 10.1. The van der Waals surface area contributed by atoms with Gasteiger partial charge in [-0.05, 0) is 25.1 Å². The molecule has 2 aromatic rings. The number of rotatable bonds is 4. The van der Waals surface area contributed by atoms with Crippen LogP contribution in [0.25, 0.3) is 10.7 Å². The summed E-state index contributed by atoms with van der Waals surface area (Å²) in [5.41, 5.74) is 0.954. The second-order valence-corrected chi connectivity index (χ2v) is 6.53. The number of nitrogens with zero attached hydrogens (tertiary/aromatic N) is 2. The fraction of sp³-hybridized carbons (Fsp3) is 0.615. The number of H-pyrrole nitrogens is 2. The van der Waals surface area contributed by atoms with Gasteiger partial charge in [0.05, 0.1) is 22.2 Å². The molecule has 0 spiro atoms. The Bertz CT molecular complexity index is 624. The lowest BCUT2D eigenvalue weighted by Crippen LogP contribution is -2.04. The summed E-state index contributed by atoms with van der Waals surface area (Å²) in [5, 5.41) is 7.07. The molecule has 0 saturated heterocycles. The van der Waals surface area contributed by atoms with E-state index in [1.165, 1.54) is 37.1 Å². The lowest BCUT2D eigenvalue weighted by molar-refractivity contribution is 0.182. The van der Waals surface area contributed by atoms with Crippen LogP contribution in [0.5, 0.6) is 0 Å². The van der Waals surface area contributed by atoms with Crippen LogP contribution in [0, 0.1) is 4.77 Å². The van der Waals surface area contributed by atoms with Crippen molar-refractivity contribution in [1.82, 2.24) is 20.2 Å². The van der Waals surface area contributed by atoms with Crippen LogP contribution in [-0.2, 0) is 11.3 Å². The van der Waals surface area contributed by atoms with E-state index in [0.29, 0.717) is 17.3 Å². The zero-order chi connectivity index (χ0) is 13.9. The highest BCUT2D eigenvalue weighted by Crippen LogP contribution is 2.38. The van der Waals surface area contributed by atoms with Crippen molar-refractivity contribution in [3.63, 3.8) is 0 Å². The van der Waals surface area contributed by atoms with Gasteiger partial charge in [0.2, 0.25) is 4.77 Å². The SMILES string of the molecule is COCc1nc(C2CCCCC2)sc1-c1nc(=S)[nH][nH]1. The molecule has 5 nitrogen and oxygen atoms in total. The van der Waals surface area contributed by atoms with Crippen LogP contribution in [0.15, 0.2) is 0 Å². The van der Waals surface area contributed by atoms with Crippen LogP contribution < -0.4 is 0 Å². The Kier molecular flexibility index (Phi) is 4.28. The molecule has 1 aliphatic rings. The van der Waals surface area contributed by atoms with E-state index in [1.807, 2.05) is 0 Å². The molecule has 2 N–H and O–H groups in total. The lowest BCUT2D eigenvalue weighted by Gasteiger charge is -2.18. The summed E-state index contributed by atoms with van der Waals surface area (Å²) in [7, 11) is 1.69. The molecule has 2 aromatic heterocycles. The van der Waals surface area contributed by atoms with Crippen LogP contribution in [-0.4, -0.2) is 27.3 Å². The highest BCUT2D eigenvalue weighted by molar-refractivity contribution is 7.71. The number of methoxy groups -OCH3 is 1. The quantitative estimate of drug-likeness (QED) is 0.843. The van der Waals surface area contributed by atoms with Crippen molar-refractivity contribution in [2.45, 2.75) is 44.6 Å². The number of aromatic nitrogens is 4. The topological polar surface area (TPSA) is 66.6 Å². The first-order chi connectivity index (χ1) is 9.78. The molecular formula is C13H18N4OS2. The van der Waals surface area contributed by atoms with Gasteiger partial charge in [0.1, 0.15) is 0 Å². The van der Waals surface area contributed by atoms with Crippen molar-refractivity contribution < 1.29 is 4.74 Å². The van der Waals surface area contributed by atoms with Crippen molar-refractivity contribution >= 4 is 23.6 Å². The second-order valence-electron chi connectivity index (χ2n) is 5.11. The molecule has 0 unspecified atom stereocenters. The van der Waals surface area contributed by atoms with Gasteiger partial charge in [0.15, 0.2) is 5.82 Å². The van der Waals surface area contributed by atoms with Crippen LogP contribution >= 0.6 is 23.6 Å². The fourth-order valence-electron chi connectivity index (χ4n) is 2.69. The average molecular weight is 310 g/mol. The van der Waals surface area contributed by atoms with Gasteiger partial charge in [-0.3, -0.25) is 10.2 Å². The highest BCUT2D eigenvalue weighted by Gasteiger charge is 2.22. The summed E-state index contributed by atoms with van der Waals surface area (Å²) in [6, 6.07) is 0. The number of nitrogens with one attached hydrogen (secondary N) is 2. The number of ether oxygens (including phenoxy) is 1. The van der Waals surface area contributed by atoms with E-state index in [-0.39, 0.29) is 0 Å². The molecule has 0 aliphatic heterocycles. The van der Waals surface area contributed by atoms with Gasteiger partial charge in [-0.15, -0.1) is 11.3 Å². The maximum Gasteiger partial charge on any atom is 0.213 e. The minimum absolute atomic E-state index is 0.469. The molecule has 1 fully saturated rings. The summed E-state index contributed by atoms with van der Waals surface area (Å²) in [6.07, 6.45) is 6.46. The third-order valence-corrected chi connectivity index (χ3v) is 5.13. The smallest absolute Gasteiger partial charge is 0.213 e. The van der Waals surface area contributed by atoms with Crippen LogP contribution in [0.3, 0.4) is 0 Å². The van der Waals surface area contributed by atoms with Crippen LogP contribution in [0.1, 0.15) is 48.7 Å². The van der Waals surface area contributed by atoms with Gasteiger partial charge in [0.25, 0.3) is 0 Å². The van der Waals surface area contributed by atoms with Gasteiger partial charge in [-0.1, -0.05) is 19.3 Å². The molecule has 3 rings (SSSR count). The first-order valence-corrected chi connectivity index (χ1v) is 8.14. The van der Waals surface area contributed by atoms with E-state index in [4.69, 9.17) is 21.9 Å². The Balaban J connectivity index is 1.95. The normalized spacial score (nSPS) is 16.6. The minimum atomic E-state index is 0.469. The maximum absolute atomic E-state index is 5.26. The van der Waals surface area contributed by atoms with Gasteiger partial charge in [-0.2, -0.15) is 4.98 Å². The van der Waals surface area contributed by atoms with E-state index >= 15 is 0 Å². The lowest BCUT2D eigenvalue weighted by atomic mass is 9.90. The minimum Gasteiger partial charge on any atom is -0.378 e. The van der Waals surface area contributed by atoms with E-state index in [0.717, 1.165) is 16.4 Å². The van der Waals surface area contributed by atoms with Crippen molar-refractivity contribution in [2.75, 3.05) is 7.11 Å². The van der Waals surface area contributed by atoms with E-state index in [1.54, 1.807) is 18.4 Å². The Labute approximate surface area is 126 Å². The molecule has 7 heteroatoms. The first kappa shape index (κ1) is 13.9. The van der Waals surface area contributed by atoms with Crippen molar-refractivity contribution in [1.29, 1.82) is 0 Å². The Hall–Kier alpha value is -1.05. The number of aromatic amines is 2. The zero-order valence-electron chi connectivity index (χ0n) is 11.4. The van der Waals surface area contributed by atoms with E-state index in [2.05, 4.69) is 15.2 Å². The number of hydrogen-bond acceptors (Lipinski definition) is 5. The molecule has 0 amide bonds. The Morgan fingerprint density at radius 2 is 2.05 bits per heavy atom. The molecule has 2 heterocycles. The van der Waals surface area contributed by atoms with Crippen molar-refractivity contribution in [3.8, 4) is 10.7 Å². The van der Waals surface area contributed by atoms with Crippen LogP contribution in [0.2, 0.25) is 0 Å². The zero-order valence-corrected chi connectivity index (χ0v) is 13.1. The molecule has 0 bridgehead atoms. The van der Waals surface area contributed by atoms with Gasteiger partial charge >= 0.3 is 0 Å². The first-order valence-electron chi connectivity index (χ1n) is 6.91. The monoisotopic (exact) mass is 310 g/mol. The molecule has 0 aromatic carbocycles. The molecular weight excluding hydrogens is 292 g/mol. The molecule has 20 heavy (non-hydrogen) atoms. The largest absolute Gasteiger partial charge is 0.378 e. The molecule has 1 saturated carbocycles. The number of hydrogen-bond donors (Lipinski definition) is 2. The second kappa shape index (κ2) is 6.15. The van der Waals surface area contributed by atoms with E-state index < -0.39 is 0 Å². The van der Waals surface area contributed by atoms with Crippen molar-refractivity contribution in [3.05, 3.63) is 15.5 Å². The summed E-state index contributed by atoms with van der Waals surface area (Å²) < 4.78 is 5.73. The predicted octanol–water partition coefficient (Wildman–Crippen LogP) is 3.78. The summed E-state index contributed by atoms with van der Waals surface area (Å²) >= 11 is 6.75. The van der Waals surface area contributed by atoms with Gasteiger partial charge in [-0.25, -0.2) is 4.98 Å². The predicted molar refractivity (Wildman–Crippen MR) is 81.4 cm³/mol. The summed E-state index contributed by atoms with van der Waals surface area (Å²) in [5.74, 6) is 1.36. The van der Waals surface area contributed by atoms with Gasteiger partial charge < -0.3 is 4.74 Å². The molecule has 1 aliphatic carbocycles. The third-order valence-electron chi connectivity index (χ3n) is 3.67. The standard InChI is InChI=1S/C13H18N4OS2/c1-18-7-9-10(11-15-13(19)17-16-11)20-12(14-9)8-5-3-2-4-6-8/h8H,2-7H2,1H3,(H2,15,16,17,19). The fourth-order valence-corrected chi connectivity index (χ4v) is 4.02. The van der Waals surface area contributed by atoms with Gasteiger partial charge in [0, 0.05) is 13.0 Å². The molecule has 0 atom stereocenters. The van der Waals surface area contributed by atoms with E-state index in [9.17, 15) is 0 Å². The maximum atomic E-state index is 5.26. The average Bonchev–Trinajstić information content (AvgIpc) is 3.07. The Morgan fingerprint density at radius 1 is 1.25 bits per heavy atom. The molecule has 0 radical (unpaired) electrons. The number of thiazole rings is 1. The summed E-state index contributed by atoms with van der Waals surface area (Å²) in [6.45, 7) is 0.506. The highest BCUT2D eigenvalue weighted by atomic mass is 32.1. The van der Waals surface area contributed by atoms with Crippen molar-refractivity contribution in [2.24, 2.45) is 0 Å². The van der Waals surface area contributed by atoms with Crippen LogP contribution in [0.4, 0.5) is 0 Å².